The fraction of sp³-hybridized carbons (Fsp3) is 0.375. The van der Waals surface area contributed by atoms with E-state index in [-0.39, 0.29) is 31.4 Å². The van der Waals surface area contributed by atoms with Crippen LogP contribution in [0.4, 0.5) is 0 Å². The predicted molar refractivity (Wildman–Crippen MR) is 188 cm³/mol. The van der Waals surface area contributed by atoms with Crippen LogP contribution in [0.15, 0.2) is 77.7 Å². The van der Waals surface area contributed by atoms with Crippen molar-refractivity contribution in [2.75, 3.05) is 0 Å². The van der Waals surface area contributed by atoms with Crippen LogP contribution in [0.3, 0.4) is 0 Å². The second-order valence-electron chi connectivity index (χ2n) is 11.7. The van der Waals surface area contributed by atoms with Gasteiger partial charge in [-0.25, -0.2) is 0 Å². The molecular formula is C40H43IrN3S-2. The van der Waals surface area contributed by atoms with Crippen LogP contribution in [0, 0.1) is 19.1 Å². The zero-order valence-electron chi connectivity index (χ0n) is 32.1. The van der Waals surface area contributed by atoms with Crippen LogP contribution in [-0.2, 0) is 20.1 Å². The summed E-state index contributed by atoms with van der Waals surface area (Å²) < 4.78 is 50.1. The number of nitrogens with zero attached hydrogens (tertiary/aromatic N) is 3. The summed E-state index contributed by atoms with van der Waals surface area (Å²) in [4.78, 5) is 13.4. The van der Waals surface area contributed by atoms with E-state index in [2.05, 4.69) is 73.2 Å². The number of aryl methyl sites for hydroxylation is 1. The monoisotopic (exact) mass is 796 g/mol. The quantitative estimate of drug-likeness (QED) is 0.161. The number of hydrogen-bond acceptors (Lipinski definition) is 4. The molecule has 235 valence electrons. The zero-order chi connectivity index (χ0) is 35.6. The molecule has 1 saturated carbocycles. The van der Waals surface area contributed by atoms with Crippen molar-refractivity contribution in [3.63, 3.8) is 0 Å². The van der Waals surface area contributed by atoms with Crippen LogP contribution >= 0.6 is 11.3 Å². The van der Waals surface area contributed by atoms with Crippen LogP contribution in [0.5, 0.6) is 0 Å². The van der Waals surface area contributed by atoms with Crippen molar-refractivity contribution < 1.29 is 28.3 Å². The second-order valence-corrected chi connectivity index (χ2v) is 12.8. The molecule has 1 radical (unpaired) electrons. The molecule has 3 nitrogen and oxygen atoms in total. The Balaban J connectivity index is 0.000000226. The Bertz CT molecular complexity index is 2010. The average Bonchev–Trinajstić information content (AvgIpc) is 3.51. The van der Waals surface area contributed by atoms with E-state index in [1.165, 1.54) is 43.2 Å². The molecule has 2 unspecified atom stereocenters. The Hall–Kier alpha value is -2.98. The summed E-state index contributed by atoms with van der Waals surface area (Å²) in [7, 11) is 0. The third-order valence-corrected chi connectivity index (χ3v) is 10.1. The summed E-state index contributed by atoms with van der Waals surface area (Å²) >= 11 is 1.61. The number of rotatable bonds is 6. The zero-order valence-corrected chi connectivity index (χ0v) is 29.3. The van der Waals surface area contributed by atoms with Crippen molar-refractivity contribution in [1.29, 1.82) is 0 Å². The second kappa shape index (κ2) is 15.5. The first-order chi connectivity index (χ1) is 24.0. The Morgan fingerprint density at radius 3 is 2.51 bits per heavy atom. The fourth-order valence-corrected chi connectivity index (χ4v) is 7.65. The van der Waals surface area contributed by atoms with E-state index in [0.29, 0.717) is 17.4 Å². The Labute approximate surface area is 295 Å². The molecule has 0 N–H and O–H groups in total. The Morgan fingerprint density at radius 2 is 1.80 bits per heavy atom. The molecule has 1 fully saturated rings. The predicted octanol–water partition coefficient (Wildman–Crippen LogP) is 11.5. The largest absolute Gasteiger partial charge is 0.309 e. The van der Waals surface area contributed by atoms with Gasteiger partial charge in [-0.2, -0.15) is 11.3 Å². The van der Waals surface area contributed by atoms with E-state index in [1.807, 2.05) is 24.5 Å². The van der Waals surface area contributed by atoms with Crippen molar-refractivity contribution in [1.82, 2.24) is 9.97 Å². The van der Waals surface area contributed by atoms with Gasteiger partial charge in [0.15, 0.2) is 0 Å². The van der Waals surface area contributed by atoms with E-state index in [0.717, 1.165) is 50.0 Å². The van der Waals surface area contributed by atoms with Crippen LogP contribution in [0.1, 0.15) is 121 Å². The maximum atomic E-state index is 8.57. The first-order valence-electron chi connectivity index (χ1n) is 19.0. The molecule has 0 bridgehead atoms. The summed E-state index contributed by atoms with van der Waals surface area (Å²) in [6.07, 6.45) is 9.17. The summed E-state index contributed by atoms with van der Waals surface area (Å²) in [6.45, 7) is 3.93. The van der Waals surface area contributed by atoms with Gasteiger partial charge < -0.3 is 9.98 Å². The van der Waals surface area contributed by atoms with Gasteiger partial charge in [0.05, 0.1) is 7.06 Å². The van der Waals surface area contributed by atoms with E-state index in [1.54, 1.807) is 17.4 Å². The smallest absolute Gasteiger partial charge is 0.0829 e. The molecule has 0 amide bonds. The van der Waals surface area contributed by atoms with E-state index >= 15 is 0 Å². The summed E-state index contributed by atoms with van der Waals surface area (Å²) in [5, 5.41) is 2.13. The van der Waals surface area contributed by atoms with Crippen LogP contribution < -0.4 is 0 Å². The van der Waals surface area contributed by atoms with Gasteiger partial charge in [-0.1, -0.05) is 75.0 Å². The van der Waals surface area contributed by atoms with Crippen LogP contribution in [0.2, 0.25) is 0 Å². The van der Waals surface area contributed by atoms with Crippen molar-refractivity contribution >= 4 is 37.2 Å². The van der Waals surface area contributed by atoms with Gasteiger partial charge >= 0.3 is 0 Å². The van der Waals surface area contributed by atoms with Crippen molar-refractivity contribution in [2.24, 2.45) is 4.99 Å². The molecular weight excluding hydrogens is 747 g/mol. The van der Waals surface area contributed by atoms with Gasteiger partial charge in [-0.15, -0.1) is 59.2 Å². The maximum Gasteiger partial charge on any atom is 0.0829 e. The van der Waals surface area contributed by atoms with Gasteiger partial charge in [-0.3, -0.25) is 4.98 Å². The number of aliphatic imine (C=N–C) groups is 1. The minimum atomic E-state index is -2.61. The van der Waals surface area contributed by atoms with Gasteiger partial charge in [0.2, 0.25) is 0 Å². The van der Waals surface area contributed by atoms with E-state index in [4.69, 9.17) is 13.2 Å². The number of pyridine rings is 2. The van der Waals surface area contributed by atoms with Crippen molar-refractivity contribution in [3.05, 3.63) is 107 Å². The van der Waals surface area contributed by atoms with Crippen LogP contribution in [-0.4, -0.2) is 15.7 Å². The first kappa shape index (κ1) is 26.1. The maximum absolute atomic E-state index is 8.57. The van der Waals surface area contributed by atoms with Gasteiger partial charge in [0.1, 0.15) is 0 Å². The standard InChI is InChI=1S/C23H23N2S.C17H20N.Ir/c1-15-10-11-20(25-14-15)19-9-5-8-17-18-12-13-24-21(23(18)26-22(17)19)16-6-3-2-4-7-16;1-4-14(5-2)15-7-9-16(10-8-15)17-11-6-13(3)12-18-17;/h5,8,12-14,16H,2-4,6-7,10-11H2,1H3;6-9,11-12,14H,4-5H2,1-3H3;/q2*-1;/i1D3,10D,11D,14D;;. The normalized spacial score (nSPS) is 21.0. The Kier molecular flexibility index (Phi) is 9.02. The number of allylic oxidation sites excluding steroid dienone is 1. The van der Waals surface area contributed by atoms with Crippen molar-refractivity contribution in [3.8, 4) is 11.3 Å². The molecule has 45 heavy (non-hydrogen) atoms. The molecule has 5 aromatic rings. The minimum Gasteiger partial charge on any atom is -0.309 e. The van der Waals surface area contributed by atoms with Gasteiger partial charge in [-0.05, 0) is 72.5 Å². The summed E-state index contributed by atoms with van der Waals surface area (Å²) in [5.41, 5.74) is 6.24. The minimum absolute atomic E-state index is 0. The van der Waals surface area contributed by atoms with E-state index < -0.39 is 25.8 Å². The molecule has 7 rings (SSSR count). The summed E-state index contributed by atoms with van der Waals surface area (Å²) in [6, 6.07) is 22.9. The first-order valence-corrected chi connectivity index (χ1v) is 16.6. The number of fused-ring (bicyclic) bond motifs is 3. The molecule has 3 aromatic heterocycles. The van der Waals surface area contributed by atoms with Crippen molar-refractivity contribution in [2.45, 2.75) is 97.2 Å². The molecule has 0 spiro atoms. The number of aromatic nitrogens is 2. The third kappa shape index (κ3) is 7.54. The fourth-order valence-electron chi connectivity index (χ4n) is 6.28. The van der Waals surface area contributed by atoms with Gasteiger partial charge in [0.25, 0.3) is 0 Å². The molecule has 4 heterocycles. The molecule has 1 aliphatic heterocycles. The third-order valence-electron chi connectivity index (χ3n) is 8.81. The van der Waals surface area contributed by atoms with Crippen LogP contribution in [0.25, 0.3) is 31.4 Å². The Morgan fingerprint density at radius 1 is 0.978 bits per heavy atom. The van der Waals surface area contributed by atoms with Gasteiger partial charge in [0, 0.05) is 56.1 Å². The molecule has 1 aliphatic carbocycles. The molecule has 2 aromatic carbocycles. The number of thiophene rings is 1. The average molecular weight is 796 g/mol. The molecule has 5 heteroatoms. The molecule has 0 saturated heterocycles. The SMILES string of the molecule is CCC(CC)c1c[c-]c(-c2ccc(C)cn2)cc1.[2H]C1=C(C([2H])([2H])[2H])C([2H])C([2H])C(c2[c-]ccc3c2sc2c(C4CCCCC4)nccc23)=N1.[Ir]. The van der Waals surface area contributed by atoms with E-state index in [9.17, 15) is 0 Å². The molecule has 2 aliphatic rings. The molecule has 2 atom stereocenters. The topological polar surface area (TPSA) is 38.1 Å². The number of hydrogen-bond donors (Lipinski definition) is 0. The summed E-state index contributed by atoms with van der Waals surface area (Å²) in [5.74, 6) is 1.10. The number of benzene rings is 2.